The summed E-state index contributed by atoms with van der Waals surface area (Å²) in [5, 5.41) is 7.21. The Morgan fingerprint density at radius 2 is 0.824 bits per heavy atom. The quantitative estimate of drug-likeness (QED) is 0.187. The predicted octanol–water partition coefficient (Wildman–Crippen LogP) is 11.8. The second kappa shape index (κ2) is 10.9. The van der Waals surface area contributed by atoms with E-state index in [-0.39, 0.29) is 0 Å². The van der Waals surface area contributed by atoms with Gasteiger partial charge in [-0.15, -0.1) is 11.3 Å². The molecule has 5 nitrogen and oxygen atoms in total. The molecule has 0 bridgehead atoms. The lowest BCUT2D eigenvalue weighted by Gasteiger charge is -2.13. The van der Waals surface area contributed by atoms with Crippen LogP contribution in [0.2, 0.25) is 0 Å². The Morgan fingerprint density at radius 1 is 0.373 bits per heavy atom. The minimum absolute atomic E-state index is 0.575. The highest BCUT2D eigenvalue weighted by Crippen LogP contribution is 2.41. The van der Waals surface area contributed by atoms with Gasteiger partial charge in [0.25, 0.3) is 0 Å². The van der Waals surface area contributed by atoms with Crippen molar-refractivity contribution in [3.63, 3.8) is 0 Å². The second-order valence-electron chi connectivity index (χ2n) is 12.9. The molecule has 6 heteroatoms. The Morgan fingerprint density at radius 3 is 1.39 bits per heavy atom. The Balaban J connectivity index is 1.19. The van der Waals surface area contributed by atoms with Crippen molar-refractivity contribution in [2.24, 2.45) is 0 Å². The maximum Gasteiger partial charge on any atom is 0.240 e. The molecule has 51 heavy (non-hydrogen) atoms. The van der Waals surface area contributed by atoms with Crippen LogP contribution in [-0.2, 0) is 0 Å². The van der Waals surface area contributed by atoms with Crippen LogP contribution >= 0.6 is 11.3 Å². The molecule has 238 valence electrons. The van der Waals surface area contributed by atoms with Gasteiger partial charge in [-0.3, -0.25) is 9.13 Å². The Hall–Kier alpha value is -6.63. The standard InChI is InChI=1S/C45H27N5S/c1-6-22-37-31(15-1)32-16-2-7-23-38(32)49(37)44-46-43(47-45(48-44)50-39-24-8-3-17-33(39)34-18-4-9-25-40(34)50)29-14-11-13-28(27-29)30-20-12-21-36-35-19-5-10-26-41(35)51-42(30)36/h1-27H. The number of rotatable bonds is 4. The highest BCUT2D eigenvalue weighted by molar-refractivity contribution is 7.26. The molecular weight excluding hydrogens is 643 g/mol. The molecule has 0 N–H and O–H groups in total. The molecule has 11 aromatic rings. The zero-order valence-corrected chi connectivity index (χ0v) is 28.0. The number of benzene rings is 7. The van der Waals surface area contributed by atoms with Gasteiger partial charge in [0.2, 0.25) is 11.9 Å². The van der Waals surface area contributed by atoms with E-state index in [1.54, 1.807) is 0 Å². The third-order valence-electron chi connectivity index (χ3n) is 10.0. The molecule has 7 aromatic carbocycles. The van der Waals surface area contributed by atoms with Crippen LogP contribution in [-0.4, -0.2) is 24.1 Å². The summed E-state index contributed by atoms with van der Waals surface area (Å²) in [6.07, 6.45) is 0. The lowest BCUT2D eigenvalue weighted by atomic mass is 10.0. The molecule has 0 saturated carbocycles. The van der Waals surface area contributed by atoms with Crippen LogP contribution in [0.4, 0.5) is 0 Å². The number of fused-ring (bicyclic) bond motifs is 9. The molecular formula is C45H27N5S. The fourth-order valence-corrected chi connectivity index (χ4v) is 9.00. The van der Waals surface area contributed by atoms with E-state index in [1.807, 2.05) is 11.3 Å². The van der Waals surface area contributed by atoms with Crippen molar-refractivity contribution in [2.45, 2.75) is 0 Å². The number of nitrogens with zero attached hydrogens (tertiary/aromatic N) is 5. The second-order valence-corrected chi connectivity index (χ2v) is 13.9. The van der Waals surface area contributed by atoms with Gasteiger partial charge in [0.15, 0.2) is 5.82 Å². The van der Waals surface area contributed by atoms with Gasteiger partial charge in [-0.25, -0.2) is 0 Å². The summed E-state index contributed by atoms with van der Waals surface area (Å²) >= 11 is 1.84. The van der Waals surface area contributed by atoms with Crippen molar-refractivity contribution >= 4 is 75.1 Å². The SMILES string of the molecule is c1cc(-c2nc(-n3c4ccccc4c4ccccc43)nc(-n3c4ccccc4c4ccccc43)n2)cc(-c2cccc3c2sc2ccccc23)c1. The Labute approximate surface area is 296 Å². The van der Waals surface area contributed by atoms with Crippen LogP contribution in [0.5, 0.6) is 0 Å². The third kappa shape index (κ3) is 4.24. The van der Waals surface area contributed by atoms with Crippen molar-refractivity contribution in [1.82, 2.24) is 24.1 Å². The summed E-state index contributed by atoms with van der Waals surface area (Å²) in [4.78, 5) is 15.9. The molecule has 0 aliphatic carbocycles. The number of para-hydroxylation sites is 4. The third-order valence-corrected chi connectivity index (χ3v) is 11.2. The van der Waals surface area contributed by atoms with E-state index in [0.29, 0.717) is 17.7 Å². The van der Waals surface area contributed by atoms with E-state index in [1.165, 1.54) is 25.7 Å². The van der Waals surface area contributed by atoms with Crippen molar-refractivity contribution in [3.8, 4) is 34.4 Å². The van der Waals surface area contributed by atoms with Crippen LogP contribution < -0.4 is 0 Å². The molecule has 0 saturated heterocycles. The molecule has 4 heterocycles. The van der Waals surface area contributed by atoms with E-state index >= 15 is 0 Å². The maximum atomic E-state index is 5.30. The maximum absolute atomic E-state index is 5.30. The minimum Gasteiger partial charge on any atom is -0.278 e. The van der Waals surface area contributed by atoms with Crippen molar-refractivity contribution in [3.05, 3.63) is 164 Å². The first-order valence-corrected chi connectivity index (χ1v) is 17.9. The van der Waals surface area contributed by atoms with E-state index in [9.17, 15) is 0 Å². The summed E-state index contributed by atoms with van der Waals surface area (Å²) < 4.78 is 6.92. The van der Waals surface area contributed by atoms with Gasteiger partial charge in [-0.1, -0.05) is 127 Å². The van der Waals surface area contributed by atoms with Crippen LogP contribution in [0.1, 0.15) is 0 Å². The molecule has 0 atom stereocenters. The largest absolute Gasteiger partial charge is 0.278 e. The smallest absolute Gasteiger partial charge is 0.240 e. The molecule has 0 aliphatic heterocycles. The van der Waals surface area contributed by atoms with Gasteiger partial charge in [-0.05, 0) is 47.5 Å². The van der Waals surface area contributed by atoms with Gasteiger partial charge in [0.05, 0.1) is 22.1 Å². The number of aromatic nitrogens is 5. The Kier molecular flexibility index (Phi) is 6.05. The van der Waals surface area contributed by atoms with Gasteiger partial charge in [-0.2, -0.15) is 15.0 Å². The molecule has 11 rings (SSSR count). The minimum atomic E-state index is 0.575. The average Bonchev–Trinajstić information content (AvgIpc) is 3.86. The van der Waals surface area contributed by atoms with Crippen LogP contribution in [0, 0.1) is 0 Å². The van der Waals surface area contributed by atoms with Gasteiger partial charge in [0.1, 0.15) is 0 Å². The zero-order chi connectivity index (χ0) is 33.5. The van der Waals surface area contributed by atoms with Crippen molar-refractivity contribution in [1.29, 1.82) is 0 Å². The predicted molar refractivity (Wildman–Crippen MR) is 212 cm³/mol. The van der Waals surface area contributed by atoms with E-state index in [0.717, 1.165) is 54.7 Å². The van der Waals surface area contributed by atoms with Gasteiger partial charge >= 0.3 is 0 Å². The molecule has 0 radical (unpaired) electrons. The Bertz CT molecular complexity index is 2930. The molecule has 0 amide bonds. The first-order valence-electron chi connectivity index (χ1n) is 17.0. The molecule has 0 unspecified atom stereocenters. The highest BCUT2D eigenvalue weighted by Gasteiger charge is 2.20. The molecule has 0 fully saturated rings. The highest BCUT2D eigenvalue weighted by atomic mass is 32.1. The first-order chi connectivity index (χ1) is 25.3. The molecule has 4 aromatic heterocycles. The van der Waals surface area contributed by atoms with Crippen molar-refractivity contribution in [2.75, 3.05) is 0 Å². The fourth-order valence-electron chi connectivity index (χ4n) is 7.76. The van der Waals surface area contributed by atoms with E-state index in [2.05, 4.69) is 173 Å². The number of hydrogen-bond acceptors (Lipinski definition) is 4. The van der Waals surface area contributed by atoms with Gasteiger partial charge < -0.3 is 0 Å². The topological polar surface area (TPSA) is 48.5 Å². The lowest BCUT2D eigenvalue weighted by Crippen LogP contribution is -2.10. The molecule has 0 spiro atoms. The normalized spacial score (nSPS) is 11.9. The van der Waals surface area contributed by atoms with E-state index in [4.69, 9.17) is 15.0 Å². The zero-order valence-electron chi connectivity index (χ0n) is 27.2. The fraction of sp³-hybridized carbons (Fsp3) is 0. The summed E-state index contributed by atoms with van der Waals surface area (Å²) in [5.74, 6) is 1.77. The van der Waals surface area contributed by atoms with Crippen LogP contribution in [0.3, 0.4) is 0 Å². The van der Waals surface area contributed by atoms with Crippen molar-refractivity contribution < 1.29 is 0 Å². The lowest BCUT2D eigenvalue weighted by molar-refractivity contribution is 0.893. The first kappa shape index (κ1) is 28.2. The summed E-state index contributed by atoms with van der Waals surface area (Å²) in [6.45, 7) is 0. The molecule has 0 aliphatic rings. The van der Waals surface area contributed by atoms with E-state index < -0.39 is 0 Å². The van der Waals surface area contributed by atoms with Gasteiger partial charge in [0, 0.05) is 47.3 Å². The average molecular weight is 670 g/mol. The monoisotopic (exact) mass is 669 g/mol. The number of thiophene rings is 1. The summed E-state index contributed by atoms with van der Waals surface area (Å²) in [5.41, 5.74) is 7.46. The van der Waals surface area contributed by atoms with Crippen LogP contribution in [0.15, 0.2) is 164 Å². The number of hydrogen-bond donors (Lipinski definition) is 0. The summed E-state index contributed by atoms with van der Waals surface area (Å²) in [7, 11) is 0. The summed E-state index contributed by atoms with van der Waals surface area (Å²) in [6, 6.07) is 57.8. The van der Waals surface area contributed by atoms with Crippen LogP contribution in [0.25, 0.3) is 98.2 Å².